The van der Waals surface area contributed by atoms with Gasteiger partial charge in [-0.25, -0.2) is 0 Å². The molecule has 0 amide bonds. The highest BCUT2D eigenvalue weighted by molar-refractivity contribution is 9.10. The maximum absolute atomic E-state index is 5.37. The van der Waals surface area contributed by atoms with E-state index in [9.17, 15) is 0 Å². The van der Waals surface area contributed by atoms with Gasteiger partial charge in [0.25, 0.3) is 0 Å². The van der Waals surface area contributed by atoms with Crippen LogP contribution in [-0.2, 0) is 6.54 Å². The van der Waals surface area contributed by atoms with Gasteiger partial charge in [-0.3, -0.25) is 0 Å². The van der Waals surface area contributed by atoms with Gasteiger partial charge >= 0.3 is 0 Å². The lowest BCUT2D eigenvalue weighted by molar-refractivity contribution is 0.410. The first kappa shape index (κ1) is 14.0. The zero-order valence-corrected chi connectivity index (χ0v) is 13.4. The average Bonchev–Trinajstić information content (AvgIpc) is 2.53. The Morgan fingerprint density at radius 2 is 1.71 bits per heavy atom. The number of nitrogens with one attached hydrogen (secondary N) is 1. The average molecular weight is 342 g/mol. The second-order valence-corrected chi connectivity index (χ2v) is 5.79. The Morgan fingerprint density at radius 1 is 0.952 bits per heavy atom. The second kappa shape index (κ2) is 6.19. The molecular formula is C18H16BrNO. The summed E-state index contributed by atoms with van der Waals surface area (Å²) >= 11 is 3.50. The Hall–Kier alpha value is -2.00. The smallest absolute Gasteiger partial charge is 0.123 e. The summed E-state index contributed by atoms with van der Waals surface area (Å²) in [7, 11) is 1.70. The summed E-state index contributed by atoms with van der Waals surface area (Å²) in [5, 5.41) is 5.90. The fourth-order valence-corrected chi connectivity index (χ4v) is 2.75. The van der Waals surface area contributed by atoms with Gasteiger partial charge in [-0.2, -0.15) is 0 Å². The van der Waals surface area contributed by atoms with Crippen molar-refractivity contribution in [1.29, 1.82) is 0 Å². The van der Waals surface area contributed by atoms with Crippen molar-refractivity contribution >= 4 is 32.4 Å². The summed E-state index contributed by atoms with van der Waals surface area (Å²) in [6, 6.07) is 20.8. The SMILES string of the molecule is COc1ccccc1CNc1ccc2cc(Br)ccc2c1. The summed E-state index contributed by atoms with van der Waals surface area (Å²) in [5.74, 6) is 0.912. The second-order valence-electron chi connectivity index (χ2n) is 4.87. The van der Waals surface area contributed by atoms with E-state index in [0.717, 1.165) is 28.0 Å². The Bertz CT molecular complexity index is 770. The van der Waals surface area contributed by atoms with Crippen LogP contribution in [0.2, 0.25) is 0 Å². The van der Waals surface area contributed by atoms with Crippen LogP contribution in [0.1, 0.15) is 5.56 Å². The van der Waals surface area contributed by atoms with Crippen molar-refractivity contribution in [1.82, 2.24) is 0 Å². The molecule has 0 spiro atoms. The van der Waals surface area contributed by atoms with E-state index in [0.29, 0.717) is 0 Å². The molecule has 0 atom stereocenters. The maximum Gasteiger partial charge on any atom is 0.123 e. The van der Waals surface area contributed by atoms with Gasteiger partial charge in [-0.05, 0) is 41.1 Å². The molecule has 3 aromatic carbocycles. The molecule has 3 heteroatoms. The first-order valence-corrected chi connectivity index (χ1v) is 7.60. The lowest BCUT2D eigenvalue weighted by Crippen LogP contribution is -2.01. The molecule has 0 bridgehead atoms. The quantitative estimate of drug-likeness (QED) is 0.702. The minimum atomic E-state index is 0.742. The Labute approximate surface area is 132 Å². The number of methoxy groups -OCH3 is 1. The zero-order chi connectivity index (χ0) is 14.7. The van der Waals surface area contributed by atoms with Crippen LogP contribution in [0, 0.1) is 0 Å². The van der Waals surface area contributed by atoms with Crippen LogP contribution in [0.5, 0.6) is 5.75 Å². The number of para-hydroxylation sites is 1. The van der Waals surface area contributed by atoms with E-state index in [1.807, 2.05) is 18.2 Å². The van der Waals surface area contributed by atoms with Gasteiger partial charge in [0.2, 0.25) is 0 Å². The van der Waals surface area contributed by atoms with Crippen molar-refractivity contribution in [3.8, 4) is 5.75 Å². The molecule has 0 heterocycles. The van der Waals surface area contributed by atoms with Crippen molar-refractivity contribution in [3.63, 3.8) is 0 Å². The third-order valence-corrected chi connectivity index (χ3v) is 3.97. The predicted octanol–water partition coefficient (Wildman–Crippen LogP) is 5.22. The predicted molar refractivity (Wildman–Crippen MR) is 92.0 cm³/mol. The molecule has 106 valence electrons. The molecule has 0 aliphatic heterocycles. The molecule has 0 aliphatic carbocycles. The van der Waals surface area contributed by atoms with E-state index < -0.39 is 0 Å². The molecule has 0 radical (unpaired) electrons. The molecule has 0 aromatic heterocycles. The van der Waals surface area contributed by atoms with Crippen LogP contribution in [0.3, 0.4) is 0 Å². The fraction of sp³-hybridized carbons (Fsp3) is 0.111. The number of ether oxygens (including phenoxy) is 1. The molecule has 0 fully saturated rings. The summed E-state index contributed by atoms with van der Waals surface area (Å²) in [4.78, 5) is 0. The maximum atomic E-state index is 5.37. The molecule has 2 nitrogen and oxygen atoms in total. The van der Waals surface area contributed by atoms with E-state index in [4.69, 9.17) is 4.74 Å². The largest absolute Gasteiger partial charge is 0.496 e. The molecule has 3 aromatic rings. The van der Waals surface area contributed by atoms with E-state index in [-0.39, 0.29) is 0 Å². The van der Waals surface area contributed by atoms with Crippen LogP contribution in [0.25, 0.3) is 10.8 Å². The van der Waals surface area contributed by atoms with Crippen molar-refractivity contribution < 1.29 is 4.74 Å². The summed E-state index contributed by atoms with van der Waals surface area (Å²) in [6.07, 6.45) is 0. The number of hydrogen-bond donors (Lipinski definition) is 1. The molecule has 3 rings (SSSR count). The van der Waals surface area contributed by atoms with Crippen LogP contribution < -0.4 is 10.1 Å². The first-order valence-electron chi connectivity index (χ1n) is 6.81. The normalized spacial score (nSPS) is 10.6. The van der Waals surface area contributed by atoms with Gasteiger partial charge < -0.3 is 10.1 Å². The van der Waals surface area contributed by atoms with Gasteiger partial charge in [0.05, 0.1) is 7.11 Å². The van der Waals surface area contributed by atoms with Crippen LogP contribution in [0.4, 0.5) is 5.69 Å². The third-order valence-electron chi connectivity index (χ3n) is 3.48. The van der Waals surface area contributed by atoms with Gasteiger partial charge in [-0.15, -0.1) is 0 Å². The lowest BCUT2D eigenvalue weighted by atomic mass is 10.1. The molecule has 0 saturated carbocycles. The van der Waals surface area contributed by atoms with Crippen LogP contribution >= 0.6 is 15.9 Å². The van der Waals surface area contributed by atoms with Crippen molar-refractivity contribution in [2.45, 2.75) is 6.54 Å². The molecule has 0 unspecified atom stereocenters. The van der Waals surface area contributed by atoms with Gasteiger partial charge in [0.1, 0.15) is 5.75 Å². The monoisotopic (exact) mass is 341 g/mol. The highest BCUT2D eigenvalue weighted by Gasteiger charge is 2.02. The third kappa shape index (κ3) is 3.19. The van der Waals surface area contributed by atoms with Crippen molar-refractivity contribution in [2.24, 2.45) is 0 Å². The number of fused-ring (bicyclic) bond motifs is 1. The standard InChI is InChI=1S/C18H16BrNO/c1-21-18-5-3-2-4-15(18)12-20-17-9-7-13-10-16(19)8-6-14(13)11-17/h2-11,20H,12H2,1H3. The summed E-state index contributed by atoms with van der Waals surface area (Å²) in [6.45, 7) is 0.742. The van der Waals surface area contributed by atoms with E-state index in [1.165, 1.54) is 10.8 Å². The summed E-state index contributed by atoms with van der Waals surface area (Å²) < 4.78 is 6.47. The highest BCUT2D eigenvalue weighted by Crippen LogP contribution is 2.24. The number of benzene rings is 3. The number of anilines is 1. The lowest BCUT2D eigenvalue weighted by Gasteiger charge is -2.11. The highest BCUT2D eigenvalue weighted by atomic mass is 79.9. The van der Waals surface area contributed by atoms with Gasteiger partial charge in [0, 0.05) is 22.3 Å². The Morgan fingerprint density at radius 3 is 2.57 bits per heavy atom. The zero-order valence-electron chi connectivity index (χ0n) is 11.8. The molecule has 0 saturated heterocycles. The summed E-state index contributed by atoms with van der Waals surface area (Å²) in [5.41, 5.74) is 2.26. The fourth-order valence-electron chi connectivity index (χ4n) is 2.37. The van der Waals surface area contributed by atoms with Crippen LogP contribution in [0.15, 0.2) is 65.1 Å². The van der Waals surface area contributed by atoms with E-state index in [1.54, 1.807) is 7.11 Å². The molecule has 1 N–H and O–H groups in total. The number of rotatable bonds is 4. The van der Waals surface area contributed by atoms with Crippen molar-refractivity contribution in [3.05, 3.63) is 70.7 Å². The minimum Gasteiger partial charge on any atom is -0.496 e. The molecule has 0 aliphatic rings. The van der Waals surface area contributed by atoms with E-state index >= 15 is 0 Å². The number of hydrogen-bond acceptors (Lipinski definition) is 2. The molecular weight excluding hydrogens is 326 g/mol. The topological polar surface area (TPSA) is 21.3 Å². The van der Waals surface area contributed by atoms with Gasteiger partial charge in [-0.1, -0.05) is 46.3 Å². The first-order chi connectivity index (χ1) is 10.3. The van der Waals surface area contributed by atoms with Gasteiger partial charge in [0.15, 0.2) is 0 Å². The Balaban J connectivity index is 1.80. The molecule has 21 heavy (non-hydrogen) atoms. The minimum absolute atomic E-state index is 0.742. The van der Waals surface area contributed by atoms with Crippen LogP contribution in [-0.4, -0.2) is 7.11 Å². The van der Waals surface area contributed by atoms with Crippen molar-refractivity contribution in [2.75, 3.05) is 12.4 Å². The van der Waals surface area contributed by atoms with E-state index in [2.05, 4.69) is 63.7 Å². The Kier molecular flexibility index (Phi) is 4.11. The number of halogens is 1.